The van der Waals surface area contributed by atoms with Crippen molar-refractivity contribution < 1.29 is 32.2 Å². The van der Waals surface area contributed by atoms with Crippen LogP contribution in [-0.2, 0) is 19.2 Å². The van der Waals surface area contributed by atoms with E-state index in [0.29, 0.717) is 59.9 Å². The zero-order valence-corrected chi connectivity index (χ0v) is 30.6. The molecule has 0 bridgehead atoms. The van der Waals surface area contributed by atoms with Crippen LogP contribution in [0.5, 0.6) is 0 Å². The minimum atomic E-state index is -0.235. The molecule has 0 aromatic carbocycles. The van der Waals surface area contributed by atoms with Crippen molar-refractivity contribution in [3.05, 3.63) is 11.6 Å². The van der Waals surface area contributed by atoms with Gasteiger partial charge in [-0.15, -0.1) is 0 Å². The van der Waals surface area contributed by atoms with E-state index in [4.69, 9.17) is 0 Å². The molecular formula is C42H66O6. The fourth-order valence-electron chi connectivity index (χ4n) is 14.9. The third-order valence-electron chi connectivity index (χ3n) is 17.1. The largest absolute Gasteiger partial charge is 0.393 e. The average molecular weight is 669 g/mol. The number of Topliss-reactive ketones (excluding diaryl/α,β-unsaturated/α-hetero) is 4. The average Bonchev–Trinajstić information content (AvgIpc) is 3.54. The quantitative estimate of drug-likeness (QED) is 0.309. The first-order chi connectivity index (χ1) is 22.5. The third-order valence-corrected chi connectivity index (χ3v) is 17.1. The van der Waals surface area contributed by atoms with Crippen molar-refractivity contribution in [1.29, 1.82) is 0 Å². The molecule has 2 N–H and O–H groups in total. The second-order valence-corrected chi connectivity index (χ2v) is 19.3. The summed E-state index contributed by atoms with van der Waals surface area (Å²) in [6, 6.07) is 0. The monoisotopic (exact) mass is 668 g/mol. The van der Waals surface area contributed by atoms with Crippen molar-refractivity contribution in [2.24, 2.45) is 74.9 Å². The molecular weight excluding hydrogens is 600 g/mol. The summed E-state index contributed by atoms with van der Waals surface area (Å²) >= 11 is 0. The Kier molecular flexibility index (Phi) is 8.66. The van der Waals surface area contributed by atoms with Gasteiger partial charge < -0.3 is 10.2 Å². The number of carbonyl (C=O) groups is 4. The molecule has 0 heterocycles. The first kappa shape index (κ1) is 34.8. The van der Waals surface area contributed by atoms with Crippen LogP contribution in [0.4, 0.5) is 0 Å². The summed E-state index contributed by atoms with van der Waals surface area (Å²) in [7, 11) is 0. The van der Waals surface area contributed by atoms with Gasteiger partial charge in [-0.25, -0.2) is 0 Å². The van der Waals surface area contributed by atoms with Crippen LogP contribution in [0.2, 0.25) is 0 Å². The van der Waals surface area contributed by atoms with E-state index in [1.807, 2.05) is 0 Å². The van der Waals surface area contributed by atoms with Gasteiger partial charge in [-0.2, -0.15) is 0 Å². The van der Waals surface area contributed by atoms with Crippen LogP contribution in [0, 0.1) is 74.9 Å². The molecule has 8 aliphatic carbocycles. The lowest BCUT2D eigenvalue weighted by Gasteiger charge is -2.59. The minimum absolute atomic E-state index is 0. The van der Waals surface area contributed by atoms with Gasteiger partial charge in [0.1, 0.15) is 17.3 Å². The lowest BCUT2D eigenvalue weighted by Crippen LogP contribution is -2.58. The van der Waals surface area contributed by atoms with Crippen LogP contribution in [0.3, 0.4) is 0 Å². The van der Waals surface area contributed by atoms with E-state index in [1.54, 1.807) is 13.8 Å². The van der Waals surface area contributed by atoms with Crippen LogP contribution >= 0.6 is 0 Å². The van der Waals surface area contributed by atoms with E-state index in [0.717, 1.165) is 89.0 Å². The van der Waals surface area contributed by atoms with Crippen molar-refractivity contribution in [2.75, 3.05) is 0 Å². The molecule has 270 valence electrons. The first-order valence-electron chi connectivity index (χ1n) is 19.7. The molecule has 6 heteroatoms. The zero-order chi connectivity index (χ0) is 34.6. The second kappa shape index (κ2) is 12.0. The number of hydrogen-bond acceptors (Lipinski definition) is 6. The van der Waals surface area contributed by atoms with Gasteiger partial charge in [0.15, 0.2) is 5.78 Å². The van der Waals surface area contributed by atoms with Crippen molar-refractivity contribution in [3.63, 3.8) is 0 Å². The number of aliphatic hydroxyl groups is 2. The molecule has 0 aliphatic heterocycles. The van der Waals surface area contributed by atoms with Crippen molar-refractivity contribution in [3.8, 4) is 0 Å². The van der Waals surface area contributed by atoms with Gasteiger partial charge in [0.05, 0.1) is 12.2 Å². The maximum atomic E-state index is 13.3. The smallest absolute Gasteiger partial charge is 0.156 e. The summed E-state index contributed by atoms with van der Waals surface area (Å²) in [4.78, 5) is 50.9. The Bertz CT molecular complexity index is 1370. The number of carbonyl (C=O) groups excluding carboxylic acids is 4. The first-order valence-corrected chi connectivity index (χ1v) is 19.7. The van der Waals surface area contributed by atoms with Crippen LogP contribution in [0.25, 0.3) is 0 Å². The second-order valence-electron chi connectivity index (χ2n) is 19.3. The predicted octanol–water partition coefficient (Wildman–Crippen LogP) is 7.96. The molecule has 48 heavy (non-hydrogen) atoms. The van der Waals surface area contributed by atoms with Crippen molar-refractivity contribution in [2.45, 2.75) is 150 Å². The fraction of sp³-hybridized carbons (Fsp3) is 0.857. The van der Waals surface area contributed by atoms with E-state index in [2.05, 4.69) is 33.8 Å². The Morgan fingerprint density at radius 1 is 0.688 bits per heavy atom. The maximum Gasteiger partial charge on any atom is 0.156 e. The molecule has 0 amide bonds. The van der Waals surface area contributed by atoms with Gasteiger partial charge in [-0.3, -0.25) is 19.2 Å². The predicted molar refractivity (Wildman–Crippen MR) is 189 cm³/mol. The fourth-order valence-corrected chi connectivity index (χ4v) is 14.9. The third kappa shape index (κ3) is 5.06. The molecule has 0 aromatic rings. The van der Waals surface area contributed by atoms with Gasteiger partial charge >= 0.3 is 0 Å². The summed E-state index contributed by atoms with van der Waals surface area (Å²) in [6.45, 7) is 12.4. The lowest BCUT2D eigenvalue weighted by molar-refractivity contribution is -0.162. The maximum absolute atomic E-state index is 13.3. The zero-order valence-electron chi connectivity index (χ0n) is 30.6. The molecule has 6 nitrogen and oxygen atoms in total. The van der Waals surface area contributed by atoms with E-state index in [-0.39, 0.29) is 66.0 Å². The van der Waals surface area contributed by atoms with Crippen LogP contribution < -0.4 is 0 Å². The highest BCUT2D eigenvalue weighted by atomic mass is 16.3. The summed E-state index contributed by atoms with van der Waals surface area (Å²) in [5.41, 5.74) is 0.711. The summed E-state index contributed by atoms with van der Waals surface area (Å²) < 4.78 is 0. The van der Waals surface area contributed by atoms with Gasteiger partial charge in [-0.05, 0) is 155 Å². The van der Waals surface area contributed by atoms with Gasteiger partial charge in [0.2, 0.25) is 0 Å². The summed E-state index contributed by atoms with van der Waals surface area (Å²) in [5, 5.41) is 20.2. The van der Waals surface area contributed by atoms with E-state index in [9.17, 15) is 29.4 Å². The summed E-state index contributed by atoms with van der Waals surface area (Å²) in [5.74, 6) is 4.50. The number of hydrogen-bond donors (Lipinski definition) is 2. The molecule has 0 aromatic heterocycles. The van der Waals surface area contributed by atoms with Gasteiger partial charge in [0.25, 0.3) is 0 Å². The highest BCUT2D eigenvalue weighted by molar-refractivity contribution is 5.97. The highest BCUT2D eigenvalue weighted by Gasteiger charge is 2.64. The minimum Gasteiger partial charge on any atom is -0.393 e. The van der Waals surface area contributed by atoms with Crippen molar-refractivity contribution >= 4 is 23.1 Å². The van der Waals surface area contributed by atoms with Crippen LogP contribution in [0.15, 0.2) is 11.6 Å². The Morgan fingerprint density at radius 3 is 1.73 bits per heavy atom. The Labute approximate surface area is 291 Å². The Hall–Kier alpha value is -1.66. The summed E-state index contributed by atoms with van der Waals surface area (Å²) in [6.07, 6.45) is 15.9. The van der Waals surface area contributed by atoms with Gasteiger partial charge in [-0.1, -0.05) is 33.8 Å². The number of ketones is 4. The normalized spacial score (nSPS) is 52.2. The highest BCUT2D eigenvalue weighted by Crippen LogP contribution is 2.67. The molecule has 7 saturated carbocycles. The molecule has 8 rings (SSSR count). The van der Waals surface area contributed by atoms with Gasteiger partial charge in [0, 0.05) is 38.9 Å². The van der Waals surface area contributed by atoms with E-state index < -0.39 is 0 Å². The number of fused-ring (bicyclic) bond motifs is 10. The van der Waals surface area contributed by atoms with Crippen LogP contribution in [-0.4, -0.2) is 45.6 Å². The van der Waals surface area contributed by atoms with E-state index >= 15 is 0 Å². The Morgan fingerprint density at radius 2 is 1.21 bits per heavy atom. The Balaban J connectivity index is 0.000000187. The topological polar surface area (TPSA) is 109 Å². The molecule has 0 unspecified atom stereocenters. The van der Waals surface area contributed by atoms with Crippen molar-refractivity contribution in [1.82, 2.24) is 0 Å². The molecule has 7 fully saturated rings. The molecule has 0 radical (unpaired) electrons. The number of aliphatic hydroxyl groups excluding tert-OH is 2. The molecule has 15 atom stereocenters. The SMILES string of the molecule is CC(=O)C1=CC[C@H]2[C@@H]3CC[C@H]4C[C@H](O)CC[C@]4(C)[C@H]3C(=O)C[C@]12C.CC(=O)[C@H]1CC[C@H]2[C@@H]3CC[C@H]4C[C@H](O)CC[C@]4(C)[C@H]3C(=O)C[C@]12C.[2HH].[2HH]. The van der Waals surface area contributed by atoms with Crippen LogP contribution in [0.1, 0.15) is 141 Å². The molecule has 0 spiro atoms. The molecule has 0 saturated heterocycles. The standard InChI is InChI=1S/C21H32O3.C21H30O3.2H2/c2*1-12(22)16-6-7-17-15-5-4-13-10-14(23)8-9-20(13,2)19(15)18(24)11-21(16,17)3;;/h13-17,19,23H,4-11H2,1-3H3;6,13-15,17,19,23H,4-5,7-11H2,1-3H3;2*1H/t13-,14+,15-,16+,17-,19+,20-,21+;13-,14+,15-,17-,19+,20-,21+;;/m00../s1/i;;2*1+1. The molecule has 8 aliphatic rings. The lowest BCUT2D eigenvalue weighted by atomic mass is 9.44. The van der Waals surface area contributed by atoms with E-state index in [1.165, 1.54) is 0 Å². The number of rotatable bonds is 2. The number of allylic oxidation sites excluding steroid dienone is 2.